The molecular formula is C23H21Cl2F2N3O2. The molecule has 0 bridgehead atoms. The zero-order valence-corrected chi connectivity index (χ0v) is 19.0. The van der Waals surface area contributed by atoms with Gasteiger partial charge in [-0.2, -0.15) is 8.78 Å². The number of hydrogen-bond acceptors (Lipinski definition) is 3. The highest BCUT2D eigenvalue weighted by Crippen LogP contribution is 2.35. The second-order valence-corrected chi connectivity index (χ2v) is 8.79. The number of rotatable bonds is 5. The molecule has 0 atom stereocenters. The first-order valence-electron chi connectivity index (χ1n) is 9.95. The molecule has 1 N–H and O–H groups in total. The van der Waals surface area contributed by atoms with Gasteiger partial charge in [0.1, 0.15) is 5.82 Å². The van der Waals surface area contributed by atoms with Crippen LogP contribution in [-0.2, 0) is 19.4 Å². The van der Waals surface area contributed by atoms with E-state index in [-0.39, 0.29) is 36.0 Å². The summed E-state index contributed by atoms with van der Waals surface area (Å²) in [4.78, 5) is 18.8. The van der Waals surface area contributed by atoms with Crippen LogP contribution in [0.15, 0.2) is 36.9 Å². The first kappa shape index (κ1) is 22.7. The Labute approximate surface area is 193 Å². The number of aromatic nitrogens is 2. The van der Waals surface area contributed by atoms with Crippen molar-refractivity contribution in [2.45, 2.75) is 25.4 Å². The molecule has 0 radical (unpaired) electrons. The number of hydrogen-bond donors (Lipinski definition) is 1. The average Bonchev–Trinajstić information content (AvgIpc) is 3.04. The van der Waals surface area contributed by atoms with Crippen LogP contribution in [0, 0.1) is 6.92 Å². The molecule has 9 heteroatoms. The molecule has 4 rings (SSSR count). The normalized spacial score (nSPS) is 14.7. The van der Waals surface area contributed by atoms with Gasteiger partial charge in [-0.15, -0.1) is 0 Å². The Morgan fingerprint density at radius 1 is 1.34 bits per heavy atom. The maximum atomic E-state index is 14.2. The molecule has 2 heterocycles. The van der Waals surface area contributed by atoms with E-state index in [4.69, 9.17) is 23.2 Å². The van der Waals surface area contributed by atoms with Gasteiger partial charge in [-0.1, -0.05) is 29.8 Å². The first-order valence-corrected chi connectivity index (χ1v) is 10.7. The number of carbonyl (C=O) groups excluding carboxylic acids is 1. The zero-order valence-electron chi connectivity index (χ0n) is 17.5. The third kappa shape index (κ3) is 3.78. The second-order valence-electron chi connectivity index (χ2n) is 8.00. The van der Waals surface area contributed by atoms with Crippen LogP contribution < -0.4 is 0 Å². The smallest absolute Gasteiger partial charge is 0.291 e. The van der Waals surface area contributed by atoms with E-state index >= 15 is 0 Å². The van der Waals surface area contributed by atoms with E-state index in [0.717, 1.165) is 0 Å². The van der Waals surface area contributed by atoms with Gasteiger partial charge in [-0.05, 0) is 48.4 Å². The Morgan fingerprint density at radius 2 is 2.03 bits per heavy atom. The number of aliphatic hydroxyl groups is 1. The quantitative estimate of drug-likeness (QED) is 0.530. The minimum atomic E-state index is -3.16. The number of amides is 1. The van der Waals surface area contributed by atoms with Crippen LogP contribution in [0.1, 0.15) is 32.9 Å². The van der Waals surface area contributed by atoms with Crippen molar-refractivity contribution < 1.29 is 18.7 Å². The van der Waals surface area contributed by atoms with E-state index < -0.39 is 12.0 Å². The minimum Gasteiger partial charge on any atom is -0.389 e. The standard InChI is InChI=1S/C23H21Cl2F2N3O2/c1-4-23(26,27)13-7-12(2)21-18(8-13)29(3)19(28-21)9-16-17(24)6-5-15(20(16)25)22(32)30-10-14(31)11-30/h4-8,14,31H,1,9-11H2,2-3H3. The van der Waals surface area contributed by atoms with Crippen molar-refractivity contribution in [1.82, 2.24) is 14.5 Å². The largest absolute Gasteiger partial charge is 0.389 e. The SMILES string of the molecule is C=CC(F)(F)c1cc(C)c2nc(Cc3c(Cl)ccc(C(=O)N4CC(O)C4)c3Cl)n(C)c2c1. The molecule has 0 aliphatic carbocycles. The molecule has 5 nitrogen and oxygen atoms in total. The summed E-state index contributed by atoms with van der Waals surface area (Å²) in [6.07, 6.45) is 0.301. The third-order valence-electron chi connectivity index (χ3n) is 5.81. The molecule has 1 amide bonds. The molecule has 32 heavy (non-hydrogen) atoms. The molecule has 0 saturated carbocycles. The second kappa shape index (κ2) is 8.14. The average molecular weight is 480 g/mol. The predicted molar refractivity (Wildman–Crippen MR) is 121 cm³/mol. The summed E-state index contributed by atoms with van der Waals surface area (Å²) >= 11 is 13.0. The fourth-order valence-corrected chi connectivity index (χ4v) is 4.43. The zero-order chi connectivity index (χ0) is 23.4. The van der Waals surface area contributed by atoms with E-state index in [2.05, 4.69) is 11.6 Å². The van der Waals surface area contributed by atoms with Crippen LogP contribution in [0.2, 0.25) is 10.0 Å². The van der Waals surface area contributed by atoms with Gasteiger partial charge in [0.05, 0.1) is 27.7 Å². The highest BCUT2D eigenvalue weighted by Gasteiger charge is 2.32. The van der Waals surface area contributed by atoms with Crippen LogP contribution in [-0.4, -0.2) is 44.7 Å². The number of allylic oxidation sites excluding steroid dienone is 1. The van der Waals surface area contributed by atoms with E-state index in [0.29, 0.717) is 44.6 Å². The van der Waals surface area contributed by atoms with Crippen molar-refractivity contribution in [3.63, 3.8) is 0 Å². The van der Waals surface area contributed by atoms with Crippen molar-refractivity contribution >= 4 is 40.1 Å². The number of carbonyl (C=O) groups is 1. The van der Waals surface area contributed by atoms with E-state index in [1.54, 1.807) is 30.7 Å². The van der Waals surface area contributed by atoms with Crippen molar-refractivity contribution in [2.24, 2.45) is 7.05 Å². The topological polar surface area (TPSA) is 58.4 Å². The molecule has 0 unspecified atom stereocenters. The summed E-state index contributed by atoms with van der Waals surface area (Å²) in [7, 11) is 1.73. The molecule has 168 valence electrons. The van der Waals surface area contributed by atoms with E-state index in [1.807, 2.05) is 0 Å². The van der Waals surface area contributed by atoms with Gasteiger partial charge in [0, 0.05) is 37.1 Å². The lowest BCUT2D eigenvalue weighted by Crippen LogP contribution is -2.53. The van der Waals surface area contributed by atoms with Gasteiger partial charge in [0.2, 0.25) is 0 Å². The van der Waals surface area contributed by atoms with E-state index in [1.165, 1.54) is 17.0 Å². The molecule has 1 saturated heterocycles. The van der Waals surface area contributed by atoms with Gasteiger partial charge in [0.15, 0.2) is 0 Å². The van der Waals surface area contributed by atoms with Crippen molar-refractivity contribution in [3.8, 4) is 0 Å². The maximum Gasteiger partial charge on any atom is 0.291 e. The summed E-state index contributed by atoms with van der Waals surface area (Å²) in [6, 6.07) is 5.97. The first-order chi connectivity index (χ1) is 15.0. The highest BCUT2D eigenvalue weighted by molar-refractivity contribution is 6.38. The van der Waals surface area contributed by atoms with Crippen LogP contribution in [0.4, 0.5) is 8.78 Å². The summed E-state index contributed by atoms with van der Waals surface area (Å²) < 4.78 is 30.1. The molecule has 1 fully saturated rings. The van der Waals surface area contributed by atoms with E-state index in [9.17, 15) is 18.7 Å². The van der Waals surface area contributed by atoms with Gasteiger partial charge < -0.3 is 14.6 Å². The lowest BCUT2D eigenvalue weighted by molar-refractivity contribution is 0.00590. The van der Waals surface area contributed by atoms with Gasteiger partial charge >= 0.3 is 0 Å². The molecule has 0 spiro atoms. The van der Waals surface area contributed by atoms with Crippen LogP contribution >= 0.6 is 23.2 Å². The number of benzene rings is 2. The minimum absolute atomic E-state index is 0.160. The number of aliphatic hydroxyl groups excluding tert-OH is 1. The third-order valence-corrected chi connectivity index (χ3v) is 6.60. The number of likely N-dealkylation sites (tertiary alicyclic amines) is 1. The fourth-order valence-electron chi connectivity index (χ4n) is 3.85. The Balaban J connectivity index is 1.74. The lowest BCUT2D eigenvalue weighted by atomic mass is 10.0. The number of alkyl halides is 2. The predicted octanol–water partition coefficient (Wildman–Crippen LogP) is 4.87. The van der Waals surface area contributed by atoms with Crippen molar-refractivity contribution in [2.75, 3.05) is 13.1 Å². The monoisotopic (exact) mass is 479 g/mol. The summed E-state index contributed by atoms with van der Waals surface area (Å²) in [5, 5.41) is 10.1. The van der Waals surface area contributed by atoms with Gasteiger partial charge in [-0.25, -0.2) is 4.98 Å². The fraction of sp³-hybridized carbons (Fsp3) is 0.304. The van der Waals surface area contributed by atoms with Crippen molar-refractivity contribution in [1.29, 1.82) is 0 Å². The summed E-state index contributed by atoms with van der Waals surface area (Å²) in [5.74, 6) is -2.87. The molecule has 2 aromatic carbocycles. The highest BCUT2D eigenvalue weighted by atomic mass is 35.5. The van der Waals surface area contributed by atoms with Crippen LogP contribution in [0.3, 0.4) is 0 Å². The Kier molecular flexibility index (Phi) is 5.77. The molecule has 1 aliphatic rings. The Morgan fingerprint density at radius 3 is 2.66 bits per heavy atom. The number of halogens is 4. The summed E-state index contributed by atoms with van der Waals surface area (Å²) in [5.41, 5.74) is 2.41. The summed E-state index contributed by atoms with van der Waals surface area (Å²) in [6.45, 7) is 5.47. The van der Waals surface area contributed by atoms with Crippen LogP contribution in [0.5, 0.6) is 0 Å². The Bertz CT molecular complexity index is 1250. The maximum absolute atomic E-state index is 14.2. The molecule has 1 aromatic heterocycles. The van der Waals surface area contributed by atoms with Gasteiger partial charge in [0.25, 0.3) is 11.8 Å². The van der Waals surface area contributed by atoms with Crippen molar-refractivity contribution in [3.05, 3.63) is 75.0 Å². The molecular weight excluding hydrogens is 459 g/mol. The Hall–Kier alpha value is -2.48. The molecule has 1 aliphatic heterocycles. The number of imidazole rings is 1. The number of nitrogens with zero attached hydrogens (tertiary/aromatic N) is 3. The molecule has 3 aromatic rings. The lowest BCUT2D eigenvalue weighted by Gasteiger charge is -2.36. The number of aryl methyl sites for hydroxylation is 2. The number of fused-ring (bicyclic) bond motifs is 1. The van der Waals surface area contributed by atoms with Gasteiger partial charge in [-0.3, -0.25) is 4.79 Å². The van der Waals surface area contributed by atoms with Crippen LogP contribution in [0.25, 0.3) is 11.0 Å². The number of β-amino-alcohol motifs (C(OH)–C–C–N with tert-alkyl or cyclic N) is 1.